The number of hydrogen-bond donors (Lipinski definition) is 1. The molecule has 0 radical (unpaired) electrons. The van der Waals surface area contributed by atoms with E-state index in [1.807, 2.05) is 6.07 Å². The van der Waals surface area contributed by atoms with Crippen molar-refractivity contribution < 1.29 is 4.74 Å². The van der Waals surface area contributed by atoms with Crippen LogP contribution in [0, 0.1) is 0 Å². The van der Waals surface area contributed by atoms with Gasteiger partial charge in [-0.25, -0.2) is 9.97 Å². The number of aromatic nitrogens is 4. The first-order valence-corrected chi connectivity index (χ1v) is 12.5. The number of nitrogens with zero attached hydrogens (tertiary/aromatic N) is 5. The summed E-state index contributed by atoms with van der Waals surface area (Å²) in [5.74, 6) is 0.912. The molecule has 2 aromatic heterocycles. The van der Waals surface area contributed by atoms with Gasteiger partial charge in [0.25, 0.3) is 0 Å². The van der Waals surface area contributed by atoms with Gasteiger partial charge in [0.05, 0.1) is 22.4 Å². The highest BCUT2D eigenvalue weighted by Crippen LogP contribution is 2.30. The smallest absolute Gasteiger partial charge is 0.316 e. The molecule has 36 heavy (non-hydrogen) atoms. The molecule has 1 saturated heterocycles. The van der Waals surface area contributed by atoms with Crippen molar-refractivity contribution in [3.8, 4) is 17.4 Å². The lowest BCUT2D eigenvalue weighted by Gasteiger charge is -2.36. The number of para-hydroxylation sites is 1. The van der Waals surface area contributed by atoms with Gasteiger partial charge in [-0.15, -0.1) is 0 Å². The third-order valence-electron chi connectivity index (χ3n) is 6.64. The number of anilines is 1. The molecule has 1 N–H and O–H groups in total. The molecule has 7 nitrogen and oxygen atoms in total. The number of fused-ring (bicyclic) bond motifs is 1. The van der Waals surface area contributed by atoms with Gasteiger partial charge in [0.1, 0.15) is 12.4 Å². The fourth-order valence-electron chi connectivity index (χ4n) is 4.59. The maximum Gasteiger partial charge on any atom is 0.316 e. The van der Waals surface area contributed by atoms with Crippen LogP contribution in [0.5, 0.6) is 6.01 Å². The molecule has 4 aromatic rings. The van der Waals surface area contributed by atoms with Crippen molar-refractivity contribution in [2.75, 3.05) is 37.7 Å². The fraction of sp³-hybridized carbons (Fsp3) is 0.345. The van der Waals surface area contributed by atoms with Crippen LogP contribution in [0.2, 0.25) is 0 Å². The molecule has 5 rings (SSSR count). The number of imidazole rings is 1. The Balaban J connectivity index is 1.28. The van der Waals surface area contributed by atoms with Crippen LogP contribution in [-0.4, -0.2) is 57.6 Å². The van der Waals surface area contributed by atoms with E-state index in [4.69, 9.17) is 9.72 Å². The third-order valence-corrected chi connectivity index (χ3v) is 6.64. The highest BCUT2D eigenvalue weighted by Gasteiger charge is 2.21. The molecule has 0 saturated carbocycles. The SMILES string of the molecule is C=CCOc1nccc(CN2CCN(c3cccc4nc(-c5ccc(C(C)(C)C)cc5)[nH]c34)CC2)n1. The van der Waals surface area contributed by atoms with Gasteiger partial charge >= 0.3 is 6.01 Å². The van der Waals surface area contributed by atoms with Crippen LogP contribution < -0.4 is 9.64 Å². The van der Waals surface area contributed by atoms with Gasteiger partial charge < -0.3 is 14.6 Å². The van der Waals surface area contributed by atoms with E-state index in [9.17, 15) is 0 Å². The third kappa shape index (κ3) is 5.26. The number of aromatic amines is 1. The molecule has 7 heteroatoms. The summed E-state index contributed by atoms with van der Waals surface area (Å²) in [6.07, 6.45) is 3.45. The van der Waals surface area contributed by atoms with E-state index in [-0.39, 0.29) is 5.41 Å². The minimum atomic E-state index is 0.136. The molecule has 3 heterocycles. The van der Waals surface area contributed by atoms with Crippen LogP contribution in [0.3, 0.4) is 0 Å². The molecule has 0 atom stereocenters. The summed E-state index contributed by atoms with van der Waals surface area (Å²) >= 11 is 0. The largest absolute Gasteiger partial charge is 0.459 e. The van der Waals surface area contributed by atoms with Crippen LogP contribution in [-0.2, 0) is 12.0 Å². The summed E-state index contributed by atoms with van der Waals surface area (Å²) in [7, 11) is 0. The summed E-state index contributed by atoms with van der Waals surface area (Å²) in [6.45, 7) is 15.4. The van der Waals surface area contributed by atoms with E-state index in [0.717, 1.165) is 60.8 Å². The molecular formula is C29H34N6O. The number of hydrogen-bond acceptors (Lipinski definition) is 6. The highest BCUT2D eigenvalue weighted by molar-refractivity contribution is 5.91. The Morgan fingerprint density at radius 3 is 2.50 bits per heavy atom. The molecule has 0 bridgehead atoms. The van der Waals surface area contributed by atoms with Gasteiger partial charge in [-0.3, -0.25) is 4.90 Å². The summed E-state index contributed by atoms with van der Waals surface area (Å²) in [5.41, 5.74) is 6.84. The maximum absolute atomic E-state index is 5.48. The molecule has 186 valence electrons. The number of nitrogens with one attached hydrogen (secondary N) is 1. The molecule has 2 aromatic carbocycles. The Morgan fingerprint density at radius 2 is 1.78 bits per heavy atom. The normalized spacial score (nSPS) is 14.8. The second kappa shape index (κ2) is 10.1. The highest BCUT2D eigenvalue weighted by atomic mass is 16.5. The molecule has 0 spiro atoms. The summed E-state index contributed by atoms with van der Waals surface area (Å²) in [6, 6.07) is 17.5. The Hall–Kier alpha value is -3.71. The lowest BCUT2D eigenvalue weighted by molar-refractivity contribution is 0.245. The van der Waals surface area contributed by atoms with Gasteiger partial charge in [0.2, 0.25) is 0 Å². The van der Waals surface area contributed by atoms with Crippen LogP contribution in [0.25, 0.3) is 22.4 Å². The first-order valence-electron chi connectivity index (χ1n) is 12.5. The zero-order valence-corrected chi connectivity index (χ0v) is 21.4. The van der Waals surface area contributed by atoms with Gasteiger partial charge in [0, 0.05) is 44.5 Å². The summed E-state index contributed by atoms with van der Waals surface area (Å²) in [5, 5.41) is 0. The van der Waals surface area contributed by atoms with Crippen LogP contribution in [0.4, 0.5) is 5.69 Å². The molecule has 1 fully saturated rings. The molecule has 1 aliphatic rings. The van der Waals surface area contributed by atoms with Crippen molar-refractivity contribution in [1.82, 2.24) is 24.8 Å². The van der Waals surface area contributed by atoms with Crippen LogP contribution >= 0.6 is 0 Å². The van der Waals surface area contributed by atoms with E-state index in [0.29, 0.717) is 12.6 Å². The second-order valence-corrected chi connectivity index (χ2v) is 10.3. The quantitative estimate of drug-likeness (QED) is 0.365. The maximum atomic E-state index is 5.48. The average Bonchev–Trinajstić information content (AvgIpc) is 3.32. The molecular weight excluding hydrogens is 448 g/mol. The molecule has 0 aliphatic carbocycles. The fourth-order valence-corrected chi connectivity index (χ4v) is 4.59. The molecule has 0 amide bonds. The minimum Gasteiger partial charge on any atom is -0.459 e. The van der Waals surface area contributed by atoms with Crippen LogP contribution in [0.15, 0.2) is 67.4 Å². The standard InChI is InChI=1S/C29H34N6O/c1-5-19-36-28-30-14-13-23(31-28)20-34-15-17-35(18-16-34)25-8-6-7-24-26(25)33-27(32-24)21-9-11-22(12-10-21)29(2,3)4/h5-14H,1,15-20H2,2-4H3,(H,32,33). The van der Waals surface area contributed by atoms with Crippen LogP contribution in [0.1, 0.15) is 32.0 Å². The molecule has 0 unspecified atom stereocenters. The Bertz CT molecular complexity index is 1330. The number of piperazine rings is 1. The Morgan fingerprint density at radius 1 is 1.00 bits per heavy atom. The minimum absolute atomic E-state index is 0.136. The number of rotatable bonds is 7. The summed E-state index contributed by atoms with van der Waals surface area (Å²) in [4.78, 5) is 22.1. The van der Waals surface area contributed by atoms with Crippen molar-refractivity contribution in [3.05, 3.63) is 78.6 Å². The molecule has 1 aliphatic heterocycles. The monoisotopic (exact) mass is 482 g/mol. The van der Waals surface area contributed by atoms with Gasteiger partial charge in [0.15, 0.2) is 0 Å². The number of benzene rings is 2. The topological polar surface area (TPSA) is 70.2 Å². The zero-order chi connectivity index (χ0) is 25.1. The van der Waals surface area contributed by atoms with Crippen molar-refractivity contribution in [1.29, 1.82) is 0 Å². The van der Waals surface area contributed by atoms with Gasteiger partial charge in [-0.1, -0.05) is 63.8 Å². The number of H-pyrrole nitrogens is 1. The Labute approximate surface area is 212 Å². The van der Waals surface area contributed by atoms with E-state index in [1.54, 1.807) is 12.3 Å². The van der Waals surface area contributed by atoms with E-state index < -0.39 is 0 Å². The first-order chi connectivity index (χ1) is 17.4. The van der Waals surface area contributed by atoms with E-state index in [2.05, 4.69) is 94.6 Å². The van der Waals surface area contributed by atoms with Crippen molar-refractivity contribution in [2.24, 2.45) is 0 Å². The lowest BCUT2D eigenvalue weighted by Crippen LogP contribution is -2.46. The predicted octanol–water partition coefficient (Wildman–Crippen LogP) is 5.20. The van der Waals surface area contributed by atoms with E-state index in [1.165, 1.54) is 11.3 Å². The number of ether oxygens (including phenoxy) is 1. The van der Waals surface area contributed by atoms with Gasteiger partial charge in [-0.2, -0.15) is 4.98 Å². The van der Waals surface area contributed by atoms with E-state index >= 15 is 0 Å². The first kappa shape index (κ1) is 24.0. The zero-order valence-electron chi connectivity index (χ0n) is 21.4. The predicted molar refractivity (Wildman–Crippen MR) is 145 cm³/mol. The second-order valence-electron chi connectivity index (χ2n) is 10.3. The van der Waals surface area contributed by atoms with Crippen molar-refractivity contribution in [2.45, 2.75) is 32.7 Å². The Kier molecular flexibility index (Phi) is 6.74. The summed E-state index contributed by atoms with van der Waals surface area (Å²) < 4.78 is 5.48. The van der Waals surface area contributed by atoms with Crippen molar-refractivity contribution in [3.63, 3.8) is 0 Å². The van der Waals surface area contributed by atoms with Gasteiger partial charge in [-0.05, 0) is 29.2 Å². The lowest BCUT2D eigenvalue weighted by atomic mass is 9.87. The van der Waals surface area contributed by atoms with Crippen molar-refractivity contribution >= 4 is 16.7 Å². The average molecular weight is 483 g/mol.